The molecule has 1 fully saturated rings. The van der Waals surface area contributed by atoms with Gasteiger partial charge < -0.3 is 9.64 Å². The van der Waals surface area contributed by atoms with E-state index in [1.807, 2.05) is 29.2 Å². The number of carbonyl (C=O) groups excluding carboxylic acids is 2. The molecule has 2 heterocycles. The van der Waals surface area contributed by atoms with E-state index in [2.05, 4.69) is 5.10 Å². The van der Waals surface area contributed by atoms with Crippen molar-refractivity contribution in [1.82, 2.24) is 9.91 Å². The zero-order valence-electron chi connectivity index (χ0n) is 13.5. The fourth-order valence-corrected chi connectivity index (χ4v) is 3.17. The summed E-state index contributed by atoms with van der Waals surface area (Å²) in [6.45, 7) is 0.728. The van der Waals surface area contributed by atoms with Crippen LogP contribution in [0.5, 0.6) is 5.75 Å². The van der Waals surface area contributed by atoms with E-state index >= 15 is 0 Å². The van der Waals surface area contributed by atoms with Gasteiger partial charge in [-0.05, 0) is 30.5 Å². The van der Waals surface area contributed by atoms with Crippen molar-refractivity contribution < 1.29 is 14.3 Å². The number of likely N-dealkylation sites (tertiary alicyclic amines) is 1. The van der Waals surface area contributed by atoms with Gasteiger partial charge >= 0.3 is 0 Å². The first-order valence-corrected chi connectivity index (χ1v) is 7.89. The van der Waals surface area contributed by atoms with Crippen LogP contribution in [0.4, 0.5) is 0 Å². The van der Waals surface area contributed by atoms with Crippen LogP contribution in [0.25, 0.3) is 0 Å². The SMILES string of the molecule is COc1ccc([C@H]2CCCN2C(=O)C2=NN(C)C(=O)CC2)cc1. The summed E-state index contributed by atoms with van der Waals surface area (Å²) in [6.07, 6.45) is 2.69. The van der Waals surface area contributed by atoms with Crippen molar-refractivity contribution in [1.29, 1.82) is 0 Å². The van der Waals surface area contributed by atoms with Gasteiger partial charge in [0, 0.05) is 26.4 Å². The molecule has 1 aromatic rings. The highest BCUT2D eigenvalue weighted by Crippen LogP contribution is 2.33. The van der Waals surface area contributed by atoms with Crippen LogP contribution in [0.1, 0.15) is 37.3 Å². The van der Waals surface area contributed by atoms with Crippen molar-refractivity contribution in [2.24, 2.45) is 5.10 Å². The van der Waals surface area contributed by atoms with Crippen molar-refractivity contribution in [2.45, 2.75) is 31.7 Å². The second-order valence-electron chi connectivity index (χ2n) is 5.89. The molecule has 6 heteroatoms. The van der Waals surface area contributed by atoms with E-state index in [0.29, 0.717) is 18.6 Å². The van der Waals surface area contributed by atoms with Crippen LogP contribution in [0.3, 0.4) is 0 Å². The van der Waals surface area contributed by atoms with Gasteiger partial charge in [0.25, 0.3) is 5.91 Å². The molecule has 0 unspecified atom stereocenters. The van der Waals surface area contributed by atoms with E-state index in [1.165, 1.54) is 5.01 Å². The van der Waals surface area contributed by atoms with Crippen LogP contribution in [0.15, 0.2) is 29.4 Å². The third-order valence-electron chi connectivity index (χ3n) is 4.47. The number of amides is 2. The first-order chi connectivity index (χ1) is 11.1. The first kappa shape index (κ1) is 15.5. The summed E-state index contributed by atoms with van der Waals surface area (Å²) in [5.41, 5.74) is 1.59. The van der Waals surface area contributed by atoms with Gasteiger partial charge in [-0.2, -0.15) is 5.10 Å². The molecular weight excluding hydrogens is 294 g/mol. The topological polar surface area (TPSA) is 62.2 Å². The Morgan fingerprint density at radius 3 is 2.65 bits per heavy atom. The van der Waals surface area contributed by atoms with Gasteiger partial charge in [0.15, 0.2) is 0 Å². The fourth-order valence-electron chi connectivity index (χ4n) is 3.17. The van der Waals surface area contributed by atoms with Gasteiger partial charge in [0.1, 0.15) is 11.5 Å². The van der Waals surface area contributed by atoms with Gasteiger partial charge in [-0.25, -0.2) is 5.01 Å². The smallest absolute Gasteiger partial charge is 0.270 e. The van der Waals surface area contributed by atoms with Crippen LogP contribution in [0.2, 0.25) is 0 Å². The predicted octanol–water partition coefficient (Wildman–Crippen LogP) is 1.97. The number of ether oxygens (including phenoxy) is 1. The molecule has 3 rings (SSSR count). The van der Waals surface area contributed by atoms with Crippen molar-refractivity contribution in [3.63, 3.8) is 0 Å². The quantitative estimate of drug-likeness (QED) is 0.856. The molecule has 0 aliphatic carbocycles. The summed E-state index contributed by atoms with van der Waals surface area (Å²) < 4.78 is 5.19. The summed E-state index contributed by atoms with van der Waals surface area (Å²) in [4.78, 5) is 26.2. The molecule has 0 radical (unpaired) electrons. The zero-order valence-corrected chi connectivity index (χ0v) is 13.5. The van der Waals surface area contributed by atoms with E-state index in [4.69, 9.17) is 4.74 Å². The van der Waals surface area contributed by atoms with Gasteiger partial charge in [-0.3, -0.25) is 9.59 Å². The highest BCUT2D eigenvalue weighted by Gasteiger charge is 2.34. The summed E-state index contributed by atoms with van der Waals surface area (Å²) >= 11 is 0. The Morgan fingerprint density at radius 2 is 2.00 bits per heavy atom. The minimum atomic E-state index is -0.0531. The van der Waals surface area contributed by atoms with E-state index in [-0.39, 0.29) is 17.9 Å². The number of hydrogen-bond donors (Lipinski definition) is 0. The summed E-state index contributed by atoms with van der Waals surface area (Å²) in [5.74, 6) is 0.707. The standard InChI is InChI=1S/C17H21N3O3/c1-19-16(21)10-9-14(18-19)17(22)20-11-3-4-15(20)12-5-7-13(23-2)8-6-12/h5-8,15H,3-4,9-11H2,1-2H3/t15-/m1/s1. The molecule has 0 spiro atoms. The van der Waals surface area contributed by atoms with Gasteiger partial charge in [-0.15, -0.1) is 0 Å². The lowest BCUT2D eigenvalue weighted by molar-refractivity contribution is -0.130. The molecular formula is C17H21N3O3. The number of rotatable bonds is 3. The third kappa shape index (κ3) is 3.06. The second kappa shape index (κ2) is 6.40. The largest absolute Gasteiger partial charge is 0.497 e. The Labute approximate surface area is 135 Å². The molecule has 0 N–H and O–H groups in total. The maximum absolute atomic E-state index is 12.8. The minimum absolute atomic E-state index is 0.0466. The van der Waals surface area contributed by atoms with Crippen molar-refractivity contribution >= 4 is 17.5 Å². The third-order valence-corrected chi connectivity index (χ3v) is 4.47. The van der Waals surface area contributed by atoms with Gasteiger partial charge in [0.05, 0.1) is 13.2 Å². The lowest BCUT2D eigenvalue weighted by Gasteiger charge is -2.27. The van der Waals surface area contributed by atoms with E-state index in [0.717, 1.165) is 30.7 Å². The molecule has 122 valence electrons. The molecule has 0 bridgehead atoms. The molecule has 2 aliphatic rings. The molecule has 2 amide bonds. The number of hydrazone groups is 1. The van der Waals surface area contributed by atoms with Crippen molar-refractivity contribution in [2.75, 3.05) is 20.7 Å². The molecule has 23 heavy (non-hydrogen) atoms. The second-order valence-corrected chi connectivity index (χ2v) is 5.89. The number of benzene rings is 1. The highest BCUT2D eigenvalue weighted by molar-refractivity contribution is 6.39. The Balaban J connectivity index is 1.79. The average molecular weight is 315 g/mol. The molecule has 1 saturated heterocycles. The predicted molar refractivity (Wildman–Crippen MR) is 86.1 cm³/mol. The van der Waals surface area contributed by atoms with Crippen LogP contribution < -0.4 is 4.74 Å². The average Bonchev–Trinajstić information content (AvgIpc) is 3.06. The molecule has 1 atom stereocenters. The fraction of sp³-hybridized carbons (Fsp3) is 0.471. The maximum Gasteiger partial charge on any atom is 0.270 e. The van der Waals surface area contributed by atoms with Crippen molar-refractivity contribution in [3.05, 3.63) is 29.8 Å². The first-order valence-electron chi connectivity index (χ1n) is 7.89. The van der Waals surface area contributed by atoms with Crippen LogP contribution >= 0.6 is 0 Å². The lowest BCUT2D eigenvalue weighted by atomic mass is 10.0. The number of methoxy groups -OCH3 is 1. The van der Waals surface area contributed by atoms with Crippen LogP contribution in [0, 0.1) is 0 Å². The lowest BCUT2D eigenvalue weighted by Crippen LogP contribution is -2.40. The monoisotopic (exact) mass is 315 g/mol. The Kier molecular flexibility index (Phi) is 4.32. The summed E-state index contributed by atoms with van der Waals surface area (Å²) in [7, 11) is 3.24. The molecule has 6 nitrogen and oxygen atoms in total. The van der Waals surface area contributed by atoms with Crippen LogP contribution in [-0.4, -0.2) is 48.1 Å². The highest BCUT2D eigenvalue weighted by atomic mass is 16.5. The van der Waals surface area contributed by atoms with E-state index < -0.39 is 0 Å². The maximum atomic E-state index is 12.8. The Bertz CT molecular complexity index is 639. The number of nitrogens with zero attached hydrogens (tertiary/aromatic N) is 3. The van der Waals surface area contributed by atoms with E-state index in [1.54, 1.807) is 14.2 Å². The summed E-state index contributed by atoms with van der Waals surface area (Å²) in [6, 6.07) is 7.92. The Hall–Kier alpha value is -2.37. The molecule has 2 aliphatic heterocycles. The minimum Gasteiger partial charge on any atom is -0.497 e. The zero-order chi connectivity index (χ0) is 16.4. The molecule has 0 aromatic heterocycles. The molecule has 1 aromatic carbocycles. The normalized spacial score (nSPS) is 21.4. The van der Waals surface area contributed by atoms with Gasteiger partial charge in [-0.1, -0.05) is 12.1 Å². The summed E-state index contributed by atoms with van der Waals surface area (Å²) in [5, 5.41) is 5.43. The number of hydrogen-bond acceptors (Lipinski definition) is 4. The Morgan fingerprint density at radius 1 is 1.26 bits per heavy atom. The van der Waals surface area contributed by atoms with E-state index in [9.17, 15) is 9.59 Å². The van der Waals surface area contributed by atoms with Gasteiger partial charge in [0.2, 0.25) is 5.91 Å². The van der Waals surface area contributed by atoms with Crippen LogP contribution in [-0.2, 0) is 9.59 Å². The van der Waals surface area contributed by atoms with Crippen molar-refractivity contribution in [3.8, 4) is 5.75 Å². The number of carbonyl (C=O) groups is 2. The molecule has 0 saturated carbocycles.